The molecule has 6 heteroatoms. The molecule has 0 spiro atoms. The molecular weight excluding hydrogens is 288 g/mol. The normalized spacial score (nSPS) is 11.1. The number of thioether (sulfide) groups is 1. The second-order valence-electron chi connectivity index (χ2n) is 3.38. The zero-order valence-corrected chi connectivity index (χ0v) is 11.2. The number of nitrogens with zero attached hydrogens (tertiary/aromatic N) is 3. The van der Waals surface area contributed by atoms with Crippen LogP contribution in [0.3, 0.4) is 0 Å². The molecule has 0 aliphatic heterocycles. The molecule has 0 saturated heterocycles. The largest absolute Gasteiger partial charge is 0.341 e. The number of aromatic amines is 1. The van der Waals surface area contributed by atoms with Crippen LogP contribution < -0.4 is 0 Å². The van der Waals surface area contributed by atoms with Crippen molar-refractivity contribution in [2.24, 2.45) is 0 Å². The van der Waals surface area contributed by atoms with Crippen LogP contribution in [0.1, 0.15) is 19.3 Å². The highest BCUT2D eigenvalue weighted by Crippen LogP contribution is 2.22. The van der Waals surface area contributed by atoms with E-state index in [0.29, 0.717) is 0 Å². The van der Waals surface area contributed by atoms with E-state index < -0.39 is 0 Å². The molecule has 0 aliphatic carbocycles. The van der Waals surface area contributed by atoms with Crippen molar-refractivity contribution in [3.63, 3.8) is 0 Å². The number of rotatable bonds is 6. The van der Waals surface area contributed by atoms with Crippen LogP contribution in [-0.4, -0.2) is 31.0 Å². The summed E-state index contributed by atoms with van der Waals surface area (Å²) < 4.78 is 0. The molecule has 0 aromatic carbocycles. The monoisotopic (exact) mass is 300 g/mol. The first kappa shape index (κ1) is 11.9. The molecule has 0 radical (unpaired) electrons. The van der Waals surface area contributed by atoms with Gasteiger partial charge in [0.25, 0.3) is 0 Å². The summed E-state index contributed by atoms with van der Waals surface area (Å²) in [5.74, 6) is 1.10. The predicted molar refractivity (Wildman–Crippen MR) is 70.1 cm³/mol. The Hall–Kier alpha value is -0.620. The topological polar surface area (TPSA) is 54.5 Å². The third-order valence-electron chi connectivity index (χ3n) is 2.20. The van der Waals surface area contributed by atoms with Gasteiger partial charge >= 0.3 is 0 Å². The number of H-pyrrole nitrogens is 1. The number of alkyl halides is 1. The van der Waals surface area contributed by atoms with E-state index in [-0.39, 0.29) is 0 Å². The van der Waals surface area contributed by atoms with Crippen LogP contribution >= 0.6 is 27.7 Å². The van der Waals surface area contributed by atoms with Gasteiger partial charge in [-0.25, -0.2) is 15.0 Å². The molecular formula is C10H13BrN4S. The molecule has 16 heavy (non-hydrogen) atoms. The van der Waals surface area contributed by atoms with E-state index in [1.54, 1.807) is 24.4 Å². The first-order valence-electron chi connectivity index (χ1n) is 5.24. The van der Waals surface area contributed by atoms with Crippen LogP contribution in [0.5, 0.6) is 0 Å². The number of imidazole rings is 1. The fraction of sp³-hybridized carbons (Fsp3) is 0.500. The molecule has 0 unspecified atom stereocenters. The summed E-state index contributed by atoms with van der Waals surface area (Å²) in [7, 11) is 0. The minimum Gasteiger partial charge on any atom is -0.341 e. The second kappa shape index (κ2) is 6.20. The number of hydrogen-bond donors (Lipinski definition) is 1. The molecule has 2 aromatic heterocycles. The van der Waals surface area contributed by atoms with Gasteiger partial charge in [-0.3, -0.25) is 0 Å². The Bertz CT molecular complexity index is 445. The van der Waals surface area contributed by atoms with Gasteiger partial charge in [0.2, 0.25) is 0 Å². The molecule has 86 valence electrons. The molecule has 4 nitrogen and oxygen atoms in total. The van der Waals surface area contributed by atoms with E-state index in [1.165, 1.54) is 19.3 Å². The first-order chi connectivity index (χ1) is 7.92. The summed E-state index contributed by atoms with van der Waals surface area (Å²) in [5.41, 5.74) is 1.70. The molecule has 0 bridgehead atoms. The highest BCUT2D eigenvalue weighted by Gasteiger charge is 2.05. The van der Waals surface area contributed by atoms with Crippen LogP contribution in [-0.2, 0) is 0 Å². The summed E-state index contributed by atoms with van der Waals surface area (Å²) in [6.45, 7) is 0. The number of nitrogens with one attached hydrogen (secondary N) is 1. The van der Waals surface area contributed by atoms with Crippen LogP contribution in [0.25, 0.3) is 11.2 Å². The predicted octanol–water partition coefficient (Wildman–Crippen LogP) is 3.01. The van der Waals surface area contributed by atoms with Crippen molar-refractivity contribution in [2.75, 3.05) is 11.1 Å². The number of fused-ring (bicyclic) bond motifs is 1. The van der Waals surface area contributed by atoms with Crippen molar-refractivity contribution >= 4 is 38.9 Å². The van der Waals surface area contributed by atoms with Crippen molar-refractivity contribution in [2.45, 2.75) is 24.3 Å². The van der Waals surface area contributed by atoms with Gasteiger partial charge in [-0.05, 0) is 18.6 Å². The molecule has 0 amide bonds. The number of unbranched alkanes of at least 4 members (excludes halogenated alkanes) is 2. The standard InChI is InChI=1S/C10H13BrN4S/c11-4-2-1-3-5-16-10-8-9(13-6-12-8)14-7-15-10/h6-7H,1-5H2,(H,12,13,14,15). The van der Waals surface area contributed by atoms with Gasteiger partial charge in [0.1, 0.15) is 16.9 Å². The fourth-order valence-electron chi connectivity index (χ4n) is 1.39. The molecule has 0 aliphatic rings. The Morgan fingerprint density at radius 1 is 1.19 bits per heavy atom. The lowest BCUT2D eigenvalue weighted by Gasteiger charge is -2.00. The summed E-state index contributed by atoms with van der Waals surface area (Å²) in [6, 6.07) is 0. The summed E-state index contributed by atoms with van der Waals surface area (Å²) >= 11 is 5.20. The molecule has 0 fully saturated rings. The van der Waals surface area contributed by atoms with Gasteiger partial charge in [0, 0.05) is 5.33 Å². The minimum atomic E-state index is 0.748. The maximum Gasteiger partial charge on any atom is 0.181 e. The molecule has 2 aromatic rings. The van der Waals surface area contributed by atoms with Gasteiger partial charge in [-0.1, -0.05) is 22.4 Å². The quantitative estimate of drug-likeness (QED) is 0.386. The average Bonchev–Trinajstić information content (AvgIpc) is 2.77. The highest BCUT2D eigenvalue weighted by atomic mass is 79.9. The van der Waals surface area contributed by atoms with E-state index in [2.05, 4.69) is 35.9 Å². The Labute approximate surface area is 107 Å². The molecule has 2 heterocycles. The Morgan fingerprint density at radius 2 is 2.12 bits per heavy atom. The van der Waals surface area contributed by atoms with Crippen LogP contribution in [0.2, 0.25) is 0 Å². The van der Waals surface area contributed by atoms with E-state index in [1.807, 2.05) is 0 Å². The van der Waals surface area contributed by atoms with E-state index in [0.717, 1.165) is 27.3 Å². The number of hydrogen-bond acceptors (Lipinski definition) is 4. The lowest BCUT2D eigenvalue weighted by Crippen LogP contribution is -1.88. The van der Waals surface area contributed by atoms with Gasteiger partial charge in [-0.15, -0.1) is 11.8 Å². The molecule has 0 saturated carbocycles. The average molecular weight is 301 g/mol. The third kappa shape index (κ3) is 2.95. The van der Waals surface area contributed by atoms with Crippen LogP contribution in [0.4, 0.5) is 0 Å². The second-order valence-corrected chi connectivity index (χ2v) is 5.25. The van der Waals surface area contributed by atoms with Crippen molar-refractivity contribution < 1.29 is 0 Å². The number of halogens is 1. The van der Waals surface area contributed by atoms with Gasteiger partial charge in [0.05, 0.1) is 6.33 Å². The molecule has 0 atom stereocenters. The van der Waals surface area contributed by atoms with Crippen LogP contribution in [0, 0.1) is 0 Å². The van der Waals surface area contributed by atoms with E-state index in [4.69, 9.17) is 0 Å². The van der Waals surface area contributed by atoms with Crippen molar-refractivity contribution in [1.82, 2.24) is 19.9 Å². The van der Waals surface area contributed by atoms with Crippen molar-refractivity contribution in [1.29, 1.82) is 0 Å². The van der Waals surface area contributed by atoms with Gasteiger partial charge in [-0.2, -0.15) is 0 Å². The maximum atomic E-state index is 4.27. The zero-order chi connectivity index (χ0) is 11.2. The van der Waals surface area contributed by atoms with Crippen molar-refractivity contribution in [3.8, 4) is 0 Å². The SMILES string of the molecule is BrCCCCCSc1ncnc2nc[nH]c12. The Balaban J connectivity index is 1.91. The Kier molecular flexibility index (Phi) is 4.59. The molecule has 1 N–H and O–H groups in total. The number of aromatic nitrogens is 4. The minimum absolute atomic E-state index is 0.748. The summed E-state index contributed by atoms with van der Waals surface area (Å²) in [5, 5.41) is 2.09. The van der Waals surface area contributed by atoms with Gasteiger partial charge < -0.3 is 4.98 Å². The van der Waals surface area contributed by atoms with E-state index in [9.17, 15) is 0 Å². The first-order valence-corrected chi connectivity index (χ1v) is 7.35. The lowest BCUT2D eigenvalue weighted by molar-refractivity contribution is 0.788. The third-order valence-corrected chi connectivity index (χ3v) is 3.84. The summed E-state index contributed by atoms with van der Waals surface area (Å²) in [6.07, 6.45) is 6.95. The lowest BCUT2D eigenvalue weighted by atomic mass is 10.3. The zero-order valence-electron chi connectivity index (χ0n) is 8.82. The Morgan fingerprint density at radius 3 is 3.00 bits per heavy atom. The smallest absolute Gasteiger partial charge is 0.181 e. The summed E-state index contributed by atoms with van der Waals surface area (Å²) in [4.78, 5) is 15.5. The van der Waals surface area contributed by atoms with E-state index >= 15 is 0 Å². The van der Waals surface area contributed by atoms with Gasteiger partial charge in [0.15, 0.2) is 5.65 Å². The molecule has 2 rings (SSSR count). The highest BCUT2D eigenvalue weighted by molar-refractivity contribution is 9.09. The fourth-order valence-corrected chi connectivity index (χ4v) is 2.75. The maximum absolute atomic E-state index is 4.27. The van der Waals surface area contributed by atoms with Crippen LogP contribution in [0.15, 0.2) is 17.7 Å². The van der Waals surface area contributed by atoms with Crippen molar-refractivity contribution in [3.05, 3.63) is 12.7 Å².